The second-order valence-electron chi connectivity index (χ2n) is 6.94. The molecule has 0 bridgehead atoms. The van der Waals surface area contributed by atoms with Crippen LogP contribution in [0.1, 0.15) is 69.2 Å². The monoisotopic (exact) mass is 867 g/mol. The number of hydrogen-bond acceptors (Lipinski definition) is 17. The topological polar surface area (TPSA) is 344 Å². The first-order chi connectivity index (χ1) is 27.5. The number of hydrogen-bond donors (Lipinski definition) is 17. The lowest BCUT2D eigenvalue weighted by Gasteiger charge is -1.70. The van der Waals surface area contributed by atoms with Gasteiger partial charge in [-0.15, -0.1) is 46.1 Å². The Morgan fingerprint density at radius 2 is 0.224 bits per heavy atom. The Labute approximate surface area is 356 Å². The molecule has 0 saturated carbocycles. The molecule has 368 valence electrons. The molecule has 0 aromatic heterocycles. The fraction of sp³-hybridized carbons (Fsp3) is 0.659. The first-order valence-electron chi connectivity index (χ1n) is 17.9. The number of aliphatic hydroxyl groups excluding tert-OH is 17. The summed E-state index contributed by atoms with van der Waals surface area (Å²) in [6, 6.07) is 0. The van der Waals surface area contributed by atoms with Crippen LogP contribution in [-0.4, -0.2) is 199 Å². The third-order valence-corrected chi connectivity index (χ3v) is 0.700. The molecule has 0 saturated heterocycles. The van der Waals surface area contributed by atoms with Gasteiger partial charge in [-0.25, -0.2) is 0 Å². The highest BCUT2D eigenvalue weighted by Gasteiger charge is 1.60. The fourth-order valence-electron chi connectivity index (χ4n) is 0. The predicted molar refractivity (Wildman–Crippen MR) is 249 cm³/mol. The highest BCUT2D eigenvalue weighted by molar-refractivity contribution is 4.53. The largest absolute Gasteiger partial charge is 0.397 e. The molecule has 17 heteroatoms. The molecular weight excluding hydrogens is 764 g/mol. The summed E-state index contributed by atoms with van der Waals surface area (Å²) < 4.78 is 0. The van der Waals surface area contributed by atoms with Crippen molar-refractivity contribution in [2.45, 2.75) is 69.2 Å². The zero-order valence-electron chi connectivity index (χ0n) is 38.6. The normalized spacial score (nSPS) is 6.12. The molecule has 0 aliphatic rings. The van der Waals surface area contributed by atoms with Gasteiger partial charge in [0.1, 0.15) is 0 Å². The van der Waals surface area contributed by atoms with E-state index in [0.717, 1.165) is 0 Å². The third kappa shape index (κ3) is 7280. The number of rotatable bonds is 7. The van der Waals surface area contributed by atoms with Gasteiger partial charge in [-0.2, -0.15) is 0 Å². The van der Waals surface area contributed by atoms with Crippen LogP contribution in [0.15, 0.2) is 88.6 Å². The number of aliphatic hydroxyl groups is 17. The summed E-state index contributed by atoms with van der Waals surface area (Å²) >= 11 is 0. The van der Waals surface area contributed by atoms with Crippen LogP contribution < -0.4 is 0 Å². The molecule has 0 aromatic rings. The lowest BCUT2D eigenvalue weighted by atomic mass is 10.8. The molecule has 0 unspecified atom stereocenters. The predicted octanol–water partition coefficient (Wildman–Crippen LogP) is 1.14. The molecule has 17 nitrogen and oxygen atoms in total. The van der Waals surface area contributed by atoms with Crippen molar-refractivity contribution in [3.05, 3.63) is 88.6 Å². The summed E-state index contributed by atoms with van der Waals surface area (Å²) in [6.45, 7) is 40.8. The van der Waals surface area contributed by atoms with Gasteiger partial charge in [0.05, 0.1) is 92.5 Å². The van der Waals surface area contributed by atoms with E-state index in [-0.39, 0.29) is 112 Å². The Kier molecular flexibility index (Phi) is 647. The Hall–Kier alpha value is -2.50. The van der Waals surface area contributed by atoms with Gasteiger partial charge in [-0.3, -0.25) is 0 Å². The van der Waals surface area contributed by atoms with E-state index in [1.54, 1.807) is 63.3 Å². The van der Waals surface area contributed by atoms with Gasteiger partial charge >= 0.3 is 0 Å². The van der Waals surface area contributed by atoms with Gasteiger partial charge in [-0.05, 0) is 69.2 Å². The van der Waals surface area contributed by atoms with Crippen LogP contribution in [0.2, 0.25) is 0 Å². The van der Waals surface area contributed by atoms with Crippen molar-refractivity contribution >= 4 is 0 Å². The van der Waals surface area contributed by atoms with E-state index in [1.165, 1.54) is 0 Å². The lowest BCUT2D eigenvalue weighted by Crippen LogP contribution is -1.85. The standard InChI is InChI=1S/7C3H6.7C2H6O2.3C2H6O/c7*1-3-2;7*3-1-2-4;3*1-2-3/h7*3H,1H2,2H3;7*3-4H,1-2H2;3*3H,2H2,1H3. The van der Waals surface area contributed by atoms with E-state index in [2.05, 4.69) is 46.1 Å². The van der Waals surface area contributed by atoms with Crippen molar-refractivity contribution in [1.29, 1.82) is 0 Å². The SMILES string of the molecule is C=CC.C=CC.C=CC.C=CC.C=CC.C=CC.C=CC.CCO.CCO.CCO.OCCO.OCCO.OCCO.OCCO.OCCO.OCCO.OCCO. The van der Waals surface area contributed by atoms with E-state index >= 15 is 0 Å². The Bertz CT molecular complexity index is 318. The van der Waals surface area contributed by atoms with Crippen LogP contribution in [0, 0.1) is 0 Å². The molecule has 17 N–H and O–H groups in total. The minimum Gasteiger partial charge on any atom is -0.397 e. The van der Waals surface area contributed by atoms with Gasteiger partial charge in [0.25, 0.3) is 0 Å². The smallest absolute Gasteiger partial charge is 0.0662 e. The minimum absolute atomic E-state index is 0.125. The van der Waals surface area contributed by atoms with Crippen molar-refractivity contribution in [1.82, 2.24) is 0 Å². The molecule has 0 amide bonds. The molecule has 58 heavy (non-hydrogen) atoms. The summed E-state index contributed by atoms with van der Waals surface area (Å²) in [4.78, 5) is 0. The lowest BCUT2D eigenvalue weighted by molar-refractivity contribution is 0.186. The fourth-order valence-corrected chi connectivity index (χ4v) is 0. The van der Waals surface area contributed by atoms with Gasteiger partial charge in [0.15, 0.2) is 0 Å². The maximum absolute atomic E-state index is 7.62. The third-order valence-electron chi connectivity index (χ3n) is 0.700. The van der Waals surface area contributed by atoms with Gasteiger partial charge in [0.2, 0.25) is 0 Å². The highest BCUT2D eigenvalue weighted by atomic mass is 16.3. The molecule has 0 heterocycles. The summed E-state index contributed by atoms with van der Waals surface area (Å²) in [7, 11) is 0. The molecule has 0 spiro atoms. The molecule has 0 aliphatic carbocycles. The van der Waals surface area contributed by atoms with Crippen molar-refractivity contribution in [3.63, 3.8) is 0 Å². The van der Waals surface area contributed by atoms with Crippen molar-refractivity contribution in [3.8, 4) is 0 Å². The van der Waals surface area contributed by atoms with E-state index in [4.69, 9.17) is 86.8 Å². The van der Waals surface area contributed by atoms with Gasteiger partial charge in [-0.1, -0.05) is 42.5 Å². The van der Waals surface area contributed by atoms with Crippen molar-refractivity contribution in [2.24, 2.45) is 0 Å². The number of allylic oxidation sites excluding steroid dienone is 7. The zero-order valence-corrected chi connectivity index (χ0v) is 38.6. The van der Waals surface area contributed by atoms with Crippen LogP contribution in [0.25, 0.3) is 0 Å². The van der Waals surface area contributed by atoms with Crippen LogP contribution in [-0.2, 0) is 0 Å². The molecular formula is C41H102O17. The Balaban J connectivity index is -0.0000000206. The van der Waals surface area contributed by atoms with Crippen molar-refractivity contribution < 1.29 is 86.8 Å². The molecule has 0 radical (unpaired) electrons. The van der Waals surface area contributed by atoms with Crippen LogP contribution in [0.5, 0.6) is 0 Å². The van der Waals surface area contributed by atoms with Crippen molar-refractivity contribution in [2.75, 3.05) is 112 Å². The summed E-state index contributed by atoms with van der Waals surface area (Å²) in [5.74, 6) is 0. The summed E-state index contributed by atoms with van der Waals surface area (Å²) in [5, 5.41) is 129. The summed E-state index contributed by atoms with van der Waals surface area (Å²) in [5.41, 5.74) is 0. The second kappa shape index (κ2) is 337. The van der Waals surface area contributed by atoms with Gasteiger partial charge in [0, 0.05) is 19.8 Å². The highest BCUT2D eigenvalue weighted by Crippen LogP contribution is 1.43. The average molecular weight is 867 g/mol. The van der Waals surface area contributed by atoms with Gasteiger partial charge < -0.3 is 86.8 Å². The maximum Gasteiger partial charge on any atom is 0.0662 e. The van der Waals surface area contributed by atoms with Crippen LogP contribution >= 0.6 is 0 Å². The minimum atomic E-state index is -0.125. The summed E-state index contributed by atoms with van der Waals surface area (Å²) in [6.07, 6.45) is 12.2. The maximum atomic E-state index is 7.62. The average Bonchev–Trinajstić information content (AvgIpc) is 3.21. The molecule has 0 aromatic carbocycles. The molecule has 0 atom stereocenters. The second-order valence-corrected chi connectivity index (χ2v) is 6.94. The van der Waals surface area contributed by atoms with E-state index in [1.807, 2.05) is 48.5 Å². The Morgan fingerprint density at radius 1 is 0.207 bits per heavy atom. The Morgan fingerprint density at radius 3 is 0.224 bits per heavy atom. The quantitative estimate of drug-likeness (QED) is 0.160. The first kappa shape index (κ1) is 111. The van der Waals surface area contributed by atoms with E-state index < -0.39 is 0 Å². The van der Waals surface area contributed by atoms with Crippen LogP contribution in [0.3, 0.4) is 0 Å². The van der Waals surface area contributed by atoms with Crippen LogP contribution in [0.4, 0.5) is 0 Å². The molecule has 0 rings (SSSR count). The van der Waals surface area contributed by atoms with E-state index in [0.29, 0.717) is 0 Å². The van der Waals surface area contributed by atoms with E-state index in [9.17, 15) is 0 Å². The molecule has 0 fully saturated rings. The zero-order chi connectivity index (χ0) is 51.0. The first-order valence-corrected chi connectivity index (χ1v) is 17.9. The molecule has 0 aliphatic heterocycles.